The SMILES string of the molecule is Cc1ccnc(NC(=O)C2CCN(C(=O)c3cn4ccccc4n3)CC2)c1. The molecule has 1 aliphatic heterocycles. The molecule has 0 saturated carbocycles. The highest BCUT2D eigenvalue weighted by molar-refractivity contribution is 5.94. The Bertz CT molecular complexity index is 956. The summed E-state index contributed by atoms with van der Waals surface area (Å²) in [6.45, 7) is 3.05. The van der Waals surface area contributed by atoms with Crippen molar-refractivity contribution in [2.24, 2.45) is 5.92 Å². The fraction of sp³-hybridized carbons (Fsp3) is 0.300. The monoisotopic (exact) mass is 363 g/mol. The second-order valence-electron chi connectivity index (χ2n) is 6.87. The number of hydrogen-bond acceptors (Lipinski definition) is 4. The molecule has 138 valence electrons. The zero-order valence-corrected chi connectivity index (χ0v) is 15.1. The summed E-state index contributed by atoms with van der Waals surface area (Å²) in [5.74, 6) is 0.339. The van der Waals surface area contributed by atoms with E-state index >= 15 is 0 Å². The lowest BCUT2D eigenvalue weighted by molar-refractivity contribution is -0.121. The molecule has 27 heavy (non-hydrogen) atoms. The Morgan fingerprint density at radius 2 is 2.00 bits per heavy atom. The Balaban J connectivity index is 1.36. The predicted molar refractivity (Wildman–Crippen MR) is 101 cm³/mol. The van der Waals surface area contributed by atoms with Crippen molar-refractivity contribution in [2.45, 2.75) is 19.8 Å². The van der Waals surface area contributed by atoms with Crippen LogP contribution in [0.25, 0.3) is 5.65 Å². The molecule has 0 atom stereocenters. The molecule has 7 heteroatoms. The molecule has 3 aromatic heterocycles. The van der Waals surface area contributed by atoms with E-state index in [2.05, 4.69) is 15.3 Å². The van der Waals surface area contributed by atoms with Crippen LogP contribution in [0.3, 0.4) is 0 Å². The molecule has 0 aliphatic carbocycles. The topological polar surface area (TPSA) is 79.6 Å². The van der Waals surface area contributed by atoms with Crippen molar-refractivity contribution < 1.29 is 9.59 Å². The van der Waals surface area contributed by atoms with E-state index < -0.39 is 0 Å². The van der Waals surface area contributed by atoms with Crippen LogP contribution in [-0.4, -0.2) is 44.2 Å². The summed E-state index contributed by atoms with van der Waals surface area (Å²) in [7, 11) is 0. The summed E-state index contributed by atoms with van der Waals surface area (Å²) in [5.41, 5.74) is 2.24. The second-order valence-corrected chi connectivity index (χ2v) is 6.87. The van der Waals surface area contributed by atoms with E-state index in [4.69, 9.17) is 0 Å². The first-order valence-electron chi connectivity index (χ1n) is 9.07. The van der Waals surface area contributed by atoms with Crippen LogP contribution in [0.5, 0.6) is 0 Å². The molecule has 0 unspecified atom stereocenters. The predicted octanol–water partition coefficient (Wildman–Crippen LogP) is 2.53. The fourth-order valence-electron chi connectivity index (χ4n) is 3.38. The van der Waals surface area contributed by atoms with Gasteiger partial charge in [-0.15, -0.1) is 0 Å². The van der Waals surface area contributed by atoms with Crippen LogP contribution < -0.4 is 5.32 Å². The van der Waals surface area contributed by atoms with E-state index in [1.165, 1.54) is 0 Å². The quantitative estimate of drug-likeness (QED) is 0.775. The summed E-state index contributed by atoms with van der Waals surface area (Å²) >= 11 is 0. The number of piperidine rings is 1. The van der Waals surface area contributed by atoms with Crippen molar-refractivity contribution in [3.63, 3.8) is 0 Å². The van der Waals surface area contributed by atoms with Gasteiger partial charge in [0, 0.05) is 37.6 Å². The van der Waals surface area contributed by atoms with Crippen LogP contribution in [0, 0.1) is 12.8 Å². The van der Waals surface area contributed by atoms with Gasteiger partial charge in [0.15, 0.2) is 0 Å². The minimum atomic E-state index is -0.113. The van der Waals surface area contributed by atoms with Gasteiger partial charge in [-0.1, -0.05) is 6.07 Å². The minimum absolute atomic E-state index is 0.0343. The standard InChI is InChI=1S/C20H21N5O2/c1-14-5-8-21-17(12-14)23-19(26)15-6-10-24(11-7-15)20(27)16-13-25-9-3-2-4-18(25)22-16/h2-5,8-9,12-13,15H,6-7,10-11H2,1H3,(H,21,23,26). The van der Waals surface area contributed by atoms with E-state index in [0.717, 1.165) is 11.2 Å². The third-order valence-corrected chi connectivity index (χ3v) is 4.90. The molecule has 1 aliphatic rings. The van der Waals surface area contributed by atoms with E-state index in [-0.39, 0.29) is 17.7 Å². The van der Waals surface area contributed by atoms with Crippen molar-refractivity contribution in [3.8, 4) is 0 Å². The number of carbonyl (C=O) groups is 2. The molecule has 4 heterocycles. The molecule has 4 rings (SSSR count). The minimum Gasteiger partial charge on any atom is -0.337 e. The molecule has 2 amide bonds. The molecule has 0 aromatic carbocycles. The highest BCUT2D eigenvalue weighted by Gasteiger charge is 2.29. The maximum absolute atomic E-state index is 12.7. The zero-order chi connectivity index (χ0) is 18.8. The molecule has 1 saturated heterocycles. The Labute approximate surface area is 157 Å². The Kier molecular flexibility index (Phi) is 4.58. The fourth-order valence-corrected chi connectivity index (χ4v) is 3.38. The van der Waals surface area contributed by atoms with Gasteiger partial charge in [-0.05, 0) is 49.6 Å². The van der Waals surface area contributed by atoms with E-state index in [1.807, 2.05) is 47.9 Å². The molecule has 0 radical (unpaired) electrons. The third kappa shape index (κ3) is 3.67. The first kappa shape index (κ1) is 17.2. The van der Waals surface area contributed by atoms with Crippen LogP contribution >= 0.6 is 0 Å². The number of rotatable bonds is 3. The van der Waals surface area contributed by atoms with Gasteiger partial charge in [0.25, 0.3) is 5.91 Å². The maximum Gasteiger partial charge on any atom is 0.274 e. The Morgan fingerprint density at radius 3 is 2.74 bits per heavy atom. The van der Waals surface area contributed by atoms with Gasteiger partial charge in [-0.2, -0.15) is 0 Å². The molecule has 1 N–H and O–H groups in total. The lowest BCUT2D eigenvalue weighted by Crippen LogP contribution is -2.41. The number of aryl methyl sites for hydroxylation is 1. The van der Waals surface area contributed by atoms with Gasteiger partial charge < -0.3 is 14.6 Å². The summed E-state index contributed by atoms with van der Waals surface area (Å²) in [6, 6.07) is 9.39. The second kappa shape index (κ2) is 7.19. The van der Waals surface area contributed by atoms with E-state index in [0.29, 0.717) is 37.4 Å². The van der Waals surface area contributed by atoms with Crippen LogP contribution in [0.15, 0.2) is 48.9 Å². The number of likely N-dealkylation sites (tertiary alicyclic amines) is 1. The first-order chi connectivity index (χ1) is 13.1. The number of nitrogens with zero attached hydrogens (tertiary/aromatic N) is 4. The van der Waals surface area contributed by atoms with Crippen LogP contribution in [0.1, 0.15) is 28.9 Å². The zero-order valence-electron chi connectivity index (χ0n) is 15.1. The lowest BCUT2D eigenvalue weighted by Gasteiger charge is -2.30. The number of anilines is 1. The number of nitrogens with one attached hydrogen (secondary N) is 1. The van der Waals surface area contributed by atoms with Gasteiger partial charge in [0.2, 0.25) is 5.91 Å². The van der Waals surface area contributed by atoms with Crippen molar-refractivity contribution >= 4 is 23.3 Å². The largest absolute Gasteiger partial charge is 0.337 e. The van der Waals surface area contributed by atoms with E-state index in [1.54, 1.807) is 17.3 Å². The number of fused-ring (bicyclic) bond motifs is 1. The smallest absolute Gasteiger partial charge is 0.274 e. The number of hydrogen-bond donors (Lipinski definition) is 1. The van der Waals surface area contributed by atoms with Crippen LogP contribution in [0.4, 0.5) is 5.82 Å². The number of pyridine rings is 2. The molecular weight excluding hydrogens is 342 g/mol. The van der Waals surface area contributed by atoms with Gasteiger partial charge in [0.1, 0.15) is 17.2 Å². The molecule has 1 fully saturated rings. The van der Waals surface area contributed by atoms with Gasteiger partial charge in [0.05, 0.1) is 0 Å². The van der Waals surface area contributed by atoms with Crippen LogP contribution in [0.2, 0.25) is 0 Å². The highest BCUT2D eigenvalue weighted by atomic mass is 16.2. The normalized spacial score (nSPS) is 15.1. The van der Waals surface area contributed by atoms with Crippen molar-refractivity contribution in [3.05, 3.63) is 60.2 Å². The summed E-state index contributed by atoms with van der Waals surface area (Å²) < 4.78 is 1.84. The average molecular weight is 363 g/mol. The summed E-state index contributed by atoms with van der Waals surface area (Å²) in [5, 5.41) is 2.88. The molecule has 0 bridgehead atoms. The van der Waals surface area contributed by atoms with Crippen molar-refractivity contribution in [1.82, 2.24) is 19.3 Å². The van der Waals surface area contributed by atoms with Gasteiger partial charge in [-0.25, -0.2) is 9.97 Å². The Morgan fingerprint density at radius 1 is 1.19 bits per heavy atom. The molecule has 0 spiro atoms. The number of amides is 2. The maximum atomic E-state index is 12.7. The average Bonchev–Trinajstić information content (AvgIpc) is 3.12. The Hall–Kier alpha value is -3.22. The summed E-state index contributed by atoms with van der Waals surface area (Å²) in [6.07, 6.45) is 6.57. The van der Waals surface area contributed by atoms with Crippen LogP contribution in [-0.2, 0) is 4.79 Å². The highest BCUT2D eigenvalue weighted by Crippen LogP contribution is 2.21. The van der Waals surface area contributed by atoms with Gasteiger partial charge in [-0.3, -0.25) is 9.59 Å². The van der Waals surface area contributed by atoms with E-state index in [9.17, 15) is 9.59 Å². The number of carbonyl (C=O) groups excluding carboxylic acids is 2. The summed E-state index contributed by atoms with van der Waals surface area (Å²) in [4.78, 5) is 35.5. The molecule has 7 nitrogen and oxygen atoms in total. The number of imidazole rings is 1. The third-order valence-electron chi connectivity index (χ3n) is 4.90. The van der Waals surface area contributed by atoms with Crippen molar-refractivity contribution in [2.75, 3.05) is 18.4 Å². The van der Waals surface area contributed by atoms with Crippen molar-refractivity contribution in [1.29, 1.82) is 0 Å². The molecule has 3 aromatic rings. The lowest BCUT2D eigenvalue weighted by atomic mass is 9.95. The molecular formula is C20H21N5O2. The number of aromatic nitrogens is 3. The van der Waals surface area contributed by atoms with Gasteiger partial charge >= 0.3 is 0 Å². The first-order valence-corrected chi connectivity index (χ1v) is 9.07.